The van der Waals surface area contributed by atoms with Crippen LogP contribution in [0.15, 0.2) is 30.3 Å². The molecule has 0 spiro atoms. The van der Waals surface area contributed by atoms with Crippen molar-refractivity contribution in [1.82, 2.24) is 15.2 Å². The monoisotopic (exact) mass is 297 g/mol. The van der Waals surface area contributed by atoms with E-state index in [0.717, 1.165) is 48.2 Å². The molecule has 2 heterocycles. The second-order valence-corrected chi connectivity index (χ2v) is 6.13. The van der Waals surface area contributed by atoms with Crippen LogP contribution in [0.4, 0.5) is 0 Å². The van der Waals surface area contributed by atoms with Gasteiger partial charge in [-0.2, -0.15) is 0 Å². The summed E-state index contributed by atoms with van der Waals surface area (Å²) in [6.45, 7) is 4.59. The molecule has 22 heavy (non-hydrogen) atoms. The van der Waals surface area contributed by atoms with E-state index >= 15 is 0 Å². The van der Waals surface area contributed by atoms with Crippen molar-refractivity contribution >= 4 is 16.8 Å². The molecule has 1 aliphatic rings. The number of hydrogen-bond acceptors (Lipinski definition) is 3. The number of piperidine rings is 1. The lowest BCUT2D eigenvalue weighted by Crippen LogP contribution is -2.42. The maximum atomic E-state index is 12.9. The van der Waals surface area contributed by atoms with Gasteiger partial charge in [0.15, 0.2) is 0 Å². The number of carbonyl (C=O) groups excluding carboxylic acids is 1. The highest BCUT2D eigenvalue weighted by molar-refractivity contribution is 5.98. The summed E-state index contributed by atoms with van der Waals surface area (Å²) >= 11 is 0. The predicted octanol–water partition coefficient (Wildman–Crippen LogP) is 2.61. The molecule has 0 unspecified atom stereocenters. The first-order chi connectivity index (χ1) is 10.7. The highest BCUT2D eigenvalue weighted by Crippen LogP contribution is 2.21. The van der Waals surface area contributed by atoms with Gasteiger partial charge in [-0.25, -0.2) is 0 Å². The summed E-state index contributed by atoms with van der Waals surface area (Å²) < 4.78 is 0. The van der Waals surface area contributed by atoms with Gasteiger partial charge in [-0.3, -0.25) is 9.78 Å². The number of hydrogen-bond donors (Lipinski definition) is 1. The summed E-state index contributed by atoms with van der Waals surface area (Å²) in [4.78, 5) is 19.5. The number of aryl methyl sites for hydroxylation is 1. The van der Waals surface area contributed by atoms with E-state index < -0.39 is 0 Å². The van der Waals surface area contributed by atoms with E-state index in [0.29, 0.717) is 5.92 Å². The van der Waals surface area contributed by atoms with Gasteiger partial charge in [0, 0.05) is 18.5 Å². The minimum Gasteiger partial charge on any atom is -0.338 e. The van der Waals surface area contributed by atoms with E-state index in [1.54, 1.807) is 0 Å². The molecule has 1 aromatic carbocycles. The van der Waals surface area contributed by atoms with Gasteiger partial charge in [0.25, 0.3) is 5.91 Å². The lowest BCUT2D eigenvalue weighted by Gasteiger charge is -2.33. The van der Waals surface area contributed by atoms with Crippen LogP contribution in [0.25, 0.3) is 10.9 Å². The lowest BCUT2D eigenvalue weighted by atomic mass is 9.97. The molecular formula is C18H23N3O. The Morgan fingerprint density at radius 3 is 3.05 bits per heavy atom. The van der Waals surface area contributed by atoms with Crippen LogP contribution in [0.5, 0.6) is 0 Å². The number of likely N-dealkylation sites (tertiary alicyclic amines) is 1. The van der Waals surface area contributed by atoms with E-state index in [1.807, 2.05) is 49.2 Å². The first-order valence-corrected chi connectivity index (χ1v) is 7.99. The SMILES string of the molecule is CNC[C@@H]1CCCN(C(=O)c2cc3ccccc3nc2C)C1. The average molecular weight is 297 g/mol. The van der Waals surface area contributed by atoms with Crippen molar-refractivity contribution in [3.8, 4) is 0 Å². The molecule has 0 aliphatic carbocycles. The number of aromatic nitrogens is 1. The van der Waals surface area contributed by atoms with Crippen molar-refractivity contribution in [2.45, 2.75) is 19.8 Å². The van der Waals surface area contributed by atoms with E-state index in [9.17, 15) is 4.79 Å². The largest absolute Gasteiger partial charge is 0.338 e. The Morgan fingerprint density at radius 2 is 2.23 bits per heavy atom. The smallest absolute Gasteiger partial charge is 0.255 e. The molecule has 0 radical (unpaired) electrons. The fourth-order valence-corrected chi connectivity index (χ4v) is 3.30. The van der Waals surface area contributed by atoms with Crippen LogP contribution in [-0.2, 0) is 0 Å². The molecule has 3 rings (SSSR count). The van der Waals surface area contributed by atoms with E-state index in [2.05, 4.69) is 10.3 Å². The summed E-state index contributed by atoms with van der Waals surface area (Å²) in [5.74, 6) is 0.674. The van der Waals surface area contributed by atoms with Gasteiger partial charge in [-0.1, -0.05) is 18.2 Å². The third-order valence-electron chi connectivity index (χ3n) is 4.44. The number of nitrogens with one attached hydrogen (secondary N) is 1. The van der Waals surface area contributed by atoms with Crippen LogP contribution in [0, 0.1) is 12.8 Å². The molecule has 4 heteroatoms. The second-order valence-electron chi connectivity index (χ2n) is 6.13. The zero-order valence-corrected chi connectivity index (χ0v) is 13.3. The first-order valence-electron chi connectivity index (χ1n) is 7.99. The van der Waals surface area contributed by atoms with Crippen molar-refractivity contribution in [2.24, 2.45) is 5.92 Å². The van der Waals surface area contributed by atoms with Crippen LogP contribution in [0.2, 0.25) is 0 Å². The van der Waals surface area contributed by atoms with E-state index in [4.69, 9.17) is 0 Å². The fourth-order valence-electron chi connectivity index (χ4n) is 3.30. The average Bonchev–Trinajstić information content (AvgIpc) is 2.54. The van der Waals surface area contributed by atoms with Gasteiger partial charge in [0.05, 0.1) is 16.8 Å². The number of rotatable bonds is 3. The van der Waals surface area contributed by atoms with Crippen LogP contribution < -0.4 is 5.32 Å². The maximum Gasteiger partial charge on any atom is 0.255 e. The molecule has 4 nitrogen and oxygen atoms in total. The summed E-state index contributed by atoms with van der Waals surface area (Å²) in [5.41, 5.74) is 2.51. The fraction of sp³-hybridized carbons (Fsp3) is 0.444. The molecule has 1 N–H and O–H groups in total. The molecule has 1 atom stereocenters. The number of pyridine rings is 1. The minimum atomic E-state index is 0.122. The molecule has 0 bridgehead atoms. The molecule has 116 valence electrons. The first kappa shape index (κ1) is 15.0. The molecular weight excluding hydrogens is 274 g/mol. The van der Waals surface area contributed by atoms with Crippen molar-refractivity contribution in [2.75, 3.05) is 26.7 Å². The summed E-state index contributed by atoms with van der Waals surface area (Å²) in [6, 6.07) is 9.95. The Hall–Kier alpha value is -1.94. The van der Waals surface area contributed by atoms with Gasteiger partial charge >= 0.3 is 0 Å². The van der Waals surface area contributed by atoms with E-state index in [1.165, 1.54) is 6.42 Å². The van der Waals surface area contributed by atoms with Crippen LogP contribution >= 0.6 is 0 Å². The number of amides is 1. The zero-order chi connectivity index (χ0) is 15.5. The maximum absolute atomic E-state index is 12.9. The number of carbonyl (C=O) groups is 1. The quantitative estimate of drug-likeness (QED) is 0.947. The number of fused-ring (bicyclic) bond motifs is 1. The van der Waals surface area contributed by atoms with Crippen molar-refractivity contribution in [3.63, 3.8) is 0 Å². The minimum absolute atomic E-state index is 0.122. The standard InChI is InChI=1S/C18H23N3O/c1-13-16(10-15-7-3-4-8-17(15)20-13)18(22)21-9-5-6-14(12-21)11-19-2/h3-4,7-8,10,14,19H,5-6,9,11-12H2,1-2H3/t14-/m0/s1. The molecule has 1 saturated heterocycles. The van der Waals surface area contributed by atoms with Gasteiger partial charge < -0.3 is 10.2 Å². The Bertz CT molecular complexity index is 681. The van der Waals surface area contributed by atoms with Crippen LogP contribution in [0.3, 0.4) is 0 Å². The predicted molar refractivity (Wildman–Crippen MR) is 89.0 cm³/mol. The van der Waals surface area contributed by atoms with E-state index in [-0.39, 0.29) is 5.91 Å². The van der Waals surface area contributed by atoms with Crippen molar-refractivity contribution in [1.29, 1.82) is 0 Å². The van der Waals surface area contributed by atoms with Crippen molar-refractivity contribution in [3.05, 3.63) is 41.6 Å². The highest BCUT2D eigenvalue weighted by atomic mass is 16.2. The Labute approximate surface area is 131 Å². The van der Waals surface area contributed by atoms with Crippen LogP contribution in [-0.4, -0.2) is 42.5 Å². The summed E-state index contributed by atoms with van der Waals surface area (Å²) in [5, 5.41) is 4.25. The summed E-state index contributed by atoms with van der Waals surface area (Å²) in [6.07, 6.45) is 2.28. The third-order valence-corrected chi connectivity index (χ3v) is 4.44. The Kier molecular flexibility index (Phi) is 4.39. The van der Waals surface area contributed by atoms with Gasteiger partial charge in [0.1, 0.15) is 0 Å². The Balaban J connectivity index is 1.86. The second kappa shape index (κ2) is 6.44. The Morgan fingerprint density at radius 1 is 1.41 bits per heavy atom. The normalized spacial score (nSPS) is 18.6. The van der Waals surface area contributed by atoms with Gasteiger partial charge in [0.2, 0.25) is 0 Å². The highest BCUT2D eigenvalue weighted by Gasteiger charge is 2.25. The number of benzene rings is 1. The number of para-hydroxylation sites is 1. The molecule has 1 aromatic heterocycles. The number of nitrogens with zero attached hydrogens (tertiary/aromatic N) is 2. The summed E-state index contributed by atoms with van der Waals surface area (Å²) in [7, 11) is 1.97. The third kappa shape index (κ3) is 2.97. The topological polar surface area (TPSA) is 45.2 Å². The van der Waals surface area contributed by atoms with Crippen LogP contribution in [0.1, 0.15) is 28.9 Å². The molecule has 1 amide bonds. The molecule has 1 aliphatic heterocycles. The molecule has 0 saturated carbocycles. The van der Waals surface area contributed by atoms with Crippen molar-refractivity contribution < 1.29 is 4.79 Å². The van der Waals surface area contributed by atoms with Gasteiger partial charge in [-0.05, 0) is 51.4 Å². The zero-order valence-electron chi connectivity index (χ0n) is 13.3. The molecule has 1 fully saturated rings. The van der Waals surface area contributed by atoms with Gasteiger partial charge in [-0.15, -0.1) is 0 Å². The lowest BCUT2D eigenvalue weighted by molar-refractivity contribution is 0.0673. The molecule has 2 aromatic rings.